The van der Waals surface area contributed by atoms with E-state index in [0.717, 1.165) is 28.4 Å². The minimum absolute atomic E-state index is 0. The van der Waals surface area contributed by atoms with Crippen LogP contribution in [0.2, 0.25) is 0 Å². The first kappa shape index (κ1) is 11.0. The Balaban J connectivity index is 0.000000845. The molecule has 0 fully saturated rings. The predicted octanol–water partition coefficient (Wildman–Crippen LogP) is 2.96. The molecule has 0 aromatic heterocycles. The largest absolute Gasteiger partial charge is 0.324 e. The van der Waals surface area contributed by atoms with E-state index in [2.05, 4.69) is 15.9 Å². The molecule has 0 amide bonds. The molecule has 0 saturated heterocycles. The van der Waals surface area contributed by atoms with Crippen LogP contribution in [0.3, 0.4) is 0 Å². The van der Waals surface area contributed by atoms with Crippen molar-refractivity contribution in [3.8, 4) is 0 Å². The highest BCUT2D eigenvalue weighted by Gasteiger charge is 2.24. The second-order valence-corrected chi connectivity index (χ2v) is 3.92. The number of benzene rings is 1. The van der Waals surface area contributed by atoms with Gasteiger partial charge in [-0.1, -0.05) is 15.9 Å². The van der Waals surface area contributed by atoms with Gasteiger partial charge in [-0.05, 0) is 36.1 Å². The van der Waals surface area contributed by atoms with Crippen molar-refractivity contribution in [2.24, 2.45) is 5.73 Å². The minimum Gasteiger partial charge on any atom is -0.324 e. The molecule has 1 unspecified atom stereocenters. The average Bonchev–Trinajstić information content (AvgIpc) is 2.42. The smallest absolute Gasteiger partial charge is 0.126 e. The Hall–Kier alpha value is -0.120. The monoisotopic (exact) mass is 265 g/mol. The van der Waals surface area contributed by atoms with Crippen LogP contribution in [0.1, 0.15) is 23.6 Å². The zero-order valence-corrected chi connectivity index (χ0v) is 9.29. The summed E-state index contributed by atoms with van der Waals surface area (Å²) in [5.41, 5.74) is 7.56. The van der Waals surface area contributed by atoms with Crippen LogP contribution >= 0.6 is 28.3 Å². The normalized spacial score (nSPS) is 19.5. The van der Waals surface area contributed by atoms with E-state index in [4.69, 9.17) is 5.73 Å². The van der Waals surface area contributed by atoms with Crippen LogP contribution in [0.15, 0.2) is 16.6 Å². The lowest BCUT2D eigenvalue weighted by Crippen LogP contribution is -2.06. The number of hydrogen-bond donors (Lipinski definition) is 1. The van der Waals surface area contributed by atoms with Crippen molar-refractivity contribution in [3.05, 3.63) is 33.5 Å². The van der Waals surface area contributed by atoms with Crippen molar-refractivity contribution in [2.75, 3.05) is 0 Å². The third kappa shape index (κ3) is 1.73. The van der Waals surface area contributed by atoms with Gasteiger partial charge in [0.05, 0.1) is 0 Å². The maximum absolute atomic E-state index is 13.2. The molecule has 1 aromatic rings. The van der Waals surface area contributed by atoms with Gasteiger partial charge in [0, 0.05) is 10.5 Å². The molecule has 1 atom stereocenters. The summed E-state index contributed by atoms with van der Waals surface area (Å²) in [4.78, 5) is 0. The lowest BCUT2D eigenvalue weighted by Gasteiger charge is -2.07. The Labute approximate surface area is 91.0 Å². The summed E-state index contributed by atoms with van der Waals surface area (Å²) >= 11 is 3.38. The zero-order valence-electron chi connectivity index (χ0n) is 6.89. The van der Waals surface area contributed by atoms with Gasteiger partial charge in [0.1, 0.15) is 5.82 Å². The summed E-state index contributed by atoms with van der Waals surface area (Å²) in [5.74, 6) is -0.124. The topological polar surface area (TPSA) is 26.0 Å². The molecule has 0 aliphatic heterocycles. The van der Waals surface area contributed by atoms with Crippen LogP contribution in [-0.4, -0.2) is 0 Å². The number of hydrogen-bond acceptors (Lipinski definition) is 1. The molecule has 4 heteroatoms. The van der Waals surface area contributed by atoms with Gasteiger partial charge in [-0.3, -0.25) is 0 Å². The molecule has 13 heavy (non-hydrogen) atoms. The van der Waals surface area contributed by atoms with E-state index >= 15 is 0 Å². The molecule has 0 bridgehead atoms. The van der Waals surface area contributed by atoms with E-state index in [0.29, 0.717) is 0 Å². The van der Waals surface area contributed by atoms with Gasteiger partial charge in [-0.15, -0.1) is 12.4 Å². The third-order valence-corrected chi connectivity index (χ3v) is 3.01. The number of halogens is 3. The first-order chi connectivity index (χ1) is 5.70. The van der Waals surface area contributed by atoms with Crippen molar-refractivity contribution in [2.45, 2.75) is 18.9 Å². The second-order valence-electron chi connectivity index (χ2n) is 3.07. The Morgan fingerprint density at radius 2 is 2.15 bits per heavy atom. The number of nitrogens with two attached hydrogens (primary N) is 1. The SMILES string of the molecule is Cl.NC1CCc2c(F)ccc(Br)c21. The maximum Gasteiger partial charge on any atom is 0.126 e. The van der Waals surface area contributed by atoms with Crippen molar-refractivity contribution < 1.29 is 4.39 Å². The van der Waals surface area contributed by atoms with Crippen LogP contribution in [0, 0.1) is 5.82 Å². The van der Waals surface area contributed by atoms with E-state index in [1.165, 1.54) is 6.07 Å². The fourth-order valence-electron chi connectivity index (χ4n) is 1.71. The summed E-state index contributed by atoms with van der Waals surface area (Å²) in [6, 6.07) is 3.21. The van der Waals surface area contributed by atoms with Crippen molar-refractivity contribution in [1.82, 2.24) is 0 Å². The van der Waals surface area contributed by atoms with Crippen molar-refractivity contribution in [1.29, 1.82) is 0 Å². The maximum atomic E-state index is 13.2. The van der Waals surface area contributed by atoms with Gasteiger partial charge in [0.15, 0.2) is 0 Å². The summed E-state index contributed by atoms with van der Waals surface area (Å²) < 4.78 is 14.1. The molecule has 0 spiro atoms. The summed E-state index contributed by atoms with van der Waals surface area (Å²) in [5, 5.41) is 0. The average molecular weight is 267 g/mol. The highest BCUT2D eigenvalue weighted by Crippen LogP contribution is 2.36. The predicted molar refractivity (Wildman–Crippen MR) is 56.6 cm³/mol. The molecule has 1 aliphatic rings. The second kappa shape index (κ2) is 3.95. The molecule has 0 heterocycles. The van der Waals surface area contributed by atoms with Gasteiger partial charge in [-0.25, -0.2) is 4.39 Å². The van der Waals surface area contributed by atoms with Crippen LogP contribution in [0.25, 0.3) is 0 Å². The molecule has 0 radical (unpaired) electrons. The molecule has 2 N–H and O–H groups in total. The van der Waals surface area contributed by atoms with Gasteiger partial charge in [0.2, 0.25) is 0 Å². The zero-order chi connectivity index (χ0) is 8.72. The Kier molecular flexibility index (Phi) is 3.33. The van der Waals surface area contributed by atoms with E-state index in [1.54, 1.807) is 6.07 Å². The molecule has 0 saturated carbocycles. The van der Waals surface area contributed by atoms with E-state index in [9.17, 15) is 4.39 Å². The van der Waals surface area contributed by atoms with E-state index in [1.807, 2.05) is 0 Å². The Morgan fingerprint density at radius 3 is 2.77 bits per heavy atom. The Bertz CT molecular complexity index is 330. The van der Waals surface area contributed by atoms with Gasteiger partial charge in [-0.2, -0.15) is 0 Å². The van der Waals surface area contributed by atoms with Crippen LogP contribution < -0.4 is 5.73 Å². The molecular weight excluding hydrogens is 256 g/mol. The molecule has 2 rings (SSSR count). The fraction of sp³-hybridized carbons (Fsp3) is 0.333. The molecule has 1 aliphatic carbocycles. The summed E-state index contributed by atoms with van der Waals surface area (Å²) in [6.07, 6.45) is 1.62. The van der Waals surface area contributed by atoms with Crippen LogP contribution in [0.4, 0.5) is 4.39 Å². The highest BCUT2D eigenvalue weighted by molar-refractivity contribution is 9.10. The van der Waals surface area contributed by atoms with Gasteiger partial charge >= 0.3 is 0 Å². The number of fused-ring (bicyclic) bond motifs is 1. The van der Waals surface area contributed by atoms with E-state index < -0.39 is 0 Å². The first-order valence-corrected chi connectivity index (χ1v) is 4.72. The highest BCUT2D eigenvalue weighted by atomic mass is 79.9. The van der Waals surface area contributed by atoms with Gasteiger partial charge in [0.25, 0.3) is 0 Å². The summed E-state index contributed by atoms with van der Waals surface area (Å²) in [7, 11) is 0. The molecule has 1 nitrogen and oxygen atoms in total. The fourth-order valence-corrected chi connectivity index (χ4v) is 2.37. The minimum atomic E-state index is -0.124. The quantitative estimate of drug-likeness (QED) is 0.768. The van der Waals surface area contributed by atoms with Crippen molar-refractivity contribution in [3.63, 3.8) is 0 Å². The lowest BCUT2D eigenvalue weighted by molar-refractivity contribution is 0.612. The summed E-state index contributed by atoms with van der Waals surface area (Å²) in [6.45, 7) is 0. The number of rotatable bonds is 0. The lowest BCUT2D eigenvalue weighted by atomic mass is 10.1. The molecule has 1 aromatic carbocycles. The van der Waals surface area contributed by atoms with Crippen LogP contribution in [-0.2, 0) is 6.42 Å². The van der Waals surface area contributed by atoms with Crippen LogP contribution in [0.5, 0.6) is 0 Å². The Morgan fingerprint density at radius 1 is 1.46 bits per heavy atom. The molecule has 72 valence electrons. The van der Waals surface area contributed by atoms with E-state index in [-0.39, 0.29) is 24.3 Å². The first-order valence-electron chi connectivity index (χ1n) is 3.92. The third-order valence-electron chi connectivity index (χ3n) is 2.32. The van der Waals surface area contributed by atoms with Gasteiger partial charge < -0.3 is 5.73 Å². The molecular formula is C9H10BrClFN. The van der Waals surface area contributed by atoms with Crippen molar-refractivity contribution >= 4 is 28.3 Å². The standard InChI is InChI=1S/C9H9BrFN.ClH/c10-6-2-3-7(11)5-1-4-8(12)9(5)6;/h2-3,8H,1,4,12H2;1H.